The Bertz CT molecular complexity index is 2170. The predicted octanol–water partition coefficient (Wildman–Crippen LogP) is 13.3. The van der Waals surface area contributed by atoms with E-state index in [0.29, 0.717) is 23.7 Å². The van der Waals surface area contributed by atoms with Gasteiger partial charge < -0.3 is 24.8 Å². The molecule has 0 bridgehead atoms. The number of rotatable bonds is 12. The quantitative estimate of drug-likeness (QED) is 0.107. The minimum Gasteiger partial charge on any atom is -1.00 e. The maximum absolute atomic E-state index is 2.32. The monoisotopic (exact) mass is 1070 g/mol. The van der Waals surface area contributed by atoms with E-state index in [-0.39, 0.29) is 24.8 Å². The van der Waals surface area contributed by atoms with Gasteiger partial charge >= 0.3 is 82.6 Å². The summed E-state index contributed by atoms with van der Waals surface area (Å²) in [6.45, 7) is 26.8. The van der Waals surface area contributed by atoms with Gasteiger partial charge in [-0.1, -0.05) is 155 Å². The van der Waals surface area contributed by atoms with Crippen molar-refractivity contribution in [3.63, 3.8) is 0 Å². The van der Waals surface area contributed by atoms with E-state index in [1.165, 1.54) is 123 Å². The molecule has 0 radical (unpaired) electrons. The smallest absolute Gasteiger partial charge is 1.00 e. The minimum absolute atomic E-state index is 0. The van der Waals surface area contributed by atoms with Crippen LogP contribution in [0.5, 0.6) is 0 Å². The fourth-order valence-electron chi connectivity index (χ4n) is 8.77. The molecule has 352 valence electrons. The normalized spacial score (nSPS) is 12.1. The molecule has 0 saturated carbocycles. The van der Waals surface area contributed by atoms with Crippen LogP contribution in [-0.2, 0) is 48.5 Å². The molecule has 8 aromatic carbocycles. The molecule has 0 fully saturated rings. The van der Waals surface area contributed by atoms with E-state index in [1.54, 1.807) is 48.5 Å². The minimum atomic E-state index is 0. The molecule has 8 aromatic rings. The molecule has 0 spiro atoms. The van der Waals surface area contributed by atoms with Crippen LogP contribution in [0.15, 0.2) is 146 Å². The Morgan fingerprint density at radius 2 is 0.530 bits per heavy atom. The third kappa shape index (κ3) is 20.2. The zero-order chi connectivity index (χ0) is 47.0. The molecule has 0 aliphatic heterocycles. The fourth-order valence-corrected chi connectivity index (χ4v) is 8.77. The van der Waals surface area contributed by atoms with E-state index in [9.17, 15) is 0 Å². The molecule has 0 N–H and O–H groups in total. The van der Waals surface area contributed by atoms with Gasteiger partial charge in [0, 0.05) is 0 Å². The van der Waals surface area contributed by atoms with Gasteiger partial charge in [-0.05, 0) is 0 Å². The van der Waals surface area contributed by atoms with Crippen LogP contribution in [0.2, 0.25) is 0 Å². The second-order valence-electron chi connectivity index (χ2n) is 18.3. The largest absolute Gasteiger partial charge is 1.00 e. The molecule has 0 nitrogen and oxygen atoms in total. The topological polar surface area (TPSA) is 0 Å². The summed E-state index contributed by atoms with van der Waals surface area (Å²) < 4.78 is 3.01. The van der Waals surface area contributed by atoms with Crippen molar-refractivity contribution in [2.45, 2.75) is 158 Å². The van der Waals surface area contributed by atoms with E-state index < -0.39 is 0 Å². The summed E-state index contributed by atoms with van der Waals surface area (Å²) in [5.41, 5.74) is 6.06. The first kappa shape index (κ1) is 61.4. The average Bonchev–Trinajstić information content (AvgIpc) is 4.09. The maximum atomic E-state index is 2.32. The SMILES string of the molecule is CCCC(C)c1c[cH-]c2ccccc12.CCCC(C)c1c[cH-]c2ccccc12.CCCC(C)c1c[cH-]c2ccccc12.CCCC(C)c1c[cH-]c2ccccc12.C[C](C)=[Zr+2].C[C](C)=[Zr+2].[Cl-].[Cl-]. The van der Waals surface area contributed by atoms with Crippen molar-refractivity contribution < 1.29 is 73.3 Å². The second kappa shape index (κ2) is 33.8. The maximum Gasteiger partial charge on any atom is -1.00 e. The van der Waals surface area contributed by atoms with Crippen molar-refractivity contribution >= 4 is 49.5 Å². The van der Waals surface area contributed by atoms with E-state index >= 15 is 0 Å². The molecule has 4 heteroatoms. The third-order valence-corrected chi connectivity index (χ3v) is 11.9. The van der Waals surface area contributed by atoms with Crippen molar-refractivity contribution in [3.8, 4) is 0 Å². The van der Waals surface area contributed by atoms with Gasteiger partial charge in [-0.15, -0.1) is 164 Å². The third-order valence-electron chi connectivity index (χ3n) is 11.9. The van der Waals surface area contributed by atoms with Crippen LogP contribution in [0.25, 0.3) is 43.1 Å². The summed E-state index contributed by atoms with van der Waals surface area (Å²) in [5.74, 6) is 2.78. The Balaban J connectivity index is 0.000000413. The van der Waals surface area contributed by atoms with Crippen LogP contribution >= 0.6 is 0 Å². The van der Waals surface area contributed by atoms with Gasteiger partial charge in [0.05, 0.1) is 0 Å². The number of hydrogen-bond acceptors (Lipinski definition) is 0. The average molecular weight is 1080 g/mol. The molecule has 4 atom stereocenters. The Kier molecular flexibility index (Phi) is 31.5. The van der Waals surface area contributed by atoms with Gasteiger partial charge in [0.1, 0.15) is 0 Å². The second-order valence-corrected chi connectivity index (χ2v) is 23.2. The van der Waals surface area contributed by atoms with Crippen LogP contribution in [0.3, 0.4) is 0 Å². The van der Waals surface area contributed by atoms with Crippen LogP contribution < -0.4 is 24.8 Å². The van der Waals surface area contributed by atoms with Crippen LogP contribution in [0.1, 0.15) is 180 Å². The fraction of sp³-hybridized carbons (Fsp3) is 0.387. The first-order valence-electron chi connectivity index (χ1n) is 24.4. The Hall–Kier alpha value is -2.59. The summed E-state index contributed by atoms with van der Waals surface area (Å²) in [5, 5.41) is 11.3. The van der Waals surface area contributed by atoms with Crippen molar-refractivity contribution in [3.05, 3.63) is 168 Å². The van der Waals surface area contributed by atoms with Crippen LogP contribution in [-0.4, -0.2) is 6.41 Å². The molecule has 0 heterocycles. The number of hydrogen-bond donors (Lipinski definition) is 0. The predicted molar refractivity (Wildman–Crippen MR) is 284 cm³/mol. The number of benzene rings is 4. The molecule has 0 aliphatic rings. The molecule has 0 aliphatic carbocycles. The standard InChI is InChI=1S/4C14H17.2C3H6.2ClH.2Zr/c4*1-3-6-11(2)13-10-9-12-7-4-5-8-14(12)13;2*1-3-2;;;;/h4*4-5,7-11H,3,6H2,1-2H3;2*1-2H3;2*1H;;/q4*-1;;;;;2*+2/p-2. The van der Waals surface area contributed by atoms with Crippen LogP contribution in [0, 0.1) is 0 Å². The Morgan fingerprint density at radius 3 is 0.697 bits per heavy atom. The van der Waals surface area contributed by atoms with Crippen molar-refractivity contribution in [2.75, 3.05) is 0 Å². The van der Waals surface area contributed by atoms with Crippen LogP contribution in [0.4, 0.5) is 0 Å². The molecule has 4 unspecified atom stereocenters. The molecular formula is C62H80Cl2Zr2-2. The van der Waals surface area contributed by atoms with E-state index in [0.717, 1.165) is 0 Å². The van der Waals surface area contributed by atoms with Gasteiger partial charge in [0.15, 0.2) is 0 Å². The number of fused-ring (bicyclic) bond motifs is 4. The zero-order valence-corrected chi connectivity index (χ0v) is 49.0. The molecule has 0 aromatic heterocycles. The van der Waals surface area contributed by atoms with Gasteiger partial charge in [0.2, 0.25) is 0 Å². The Morgan fingerprint density at radius 1 is 0.364 bits per heavy atom. The number of halogens is 2. The molecule has 0 amide bonds. The summed E-state index contributed by atoms with van der Waals surface area (Å²) >= 11 is 3.11. The first-order valence-corrected chi connectivity index (χ1v) is 26.8. The molecule has 0 saturated heterocycles. The van der Waals surface area contributed by atoms with E-state index in [2.05, 4.69) is 229 Å². The summed E-state index contributed by atoms with van der Waals surface area (Å²) in [4.78, 5) is 0. The summed E-state index contributed by atoms with van der Waals surface area (Å²) in [6, 6.07) is 52.7. The van der Waals surface area contributed by atoms with E-state index in [4.69, 9.17) is 0 Å². The van der Waals surface area contributed by atoms with Gasteiger partial charge in [-0.25, -0.2) is 0 Å². The molecule has 8 rings (SSSR count). The summed E-state index contributed by atoms with van der Waals surface area (Å²) in [6.07, 6.45) is 10.2. The molecular weight excluding hydrogens is 998 g/mol. The summed E-state index contributed by atoms with van der Waals surface area (Å²) in [7, 11) is 0. The van der Waals surface area contributed by atoms with E-state index in [1.807, 2.05) is 0 Å². The zero-order valence-electron chi connectivity index (χ0n) is 42.6. The van der Waals surface area contributed by atoms with Gasteiger partial charge in [-0.2, -0.15) is 22.3 Å². The Labute approximate surface area is 444 Å². The molecule has 66 heavy (non-hydrogen) atoms. The van der Waals surface area contributed by atoms with Gasteiger partial charge in [0.25, 0.3) is 0 Å². The van der Waals surface area contributed by atoms with Crippen molar-refractivity contribution in [1.29, 1.82) is 0 Å². The van der Waals surface area contributed by atoms with Crippen molar-refractivity contribution in [1.82, 2.24) is 0 Å². The van der Waals surface area contributed by atoms with Crippen molar-refractivity contribution in [2.24, 2.45) is 0 Å². The first-order chi connectivity index (χ1) is 30.8. The van der Waals surface area contributed by atoms with Gasteiger partial charge in [-0.3, -0.25) is 0 Å².